The number of anilines is 2. The Bertz CT molecular complexity index is 1340. The Kier molecular flexibility index (Phi) is 5.44. The van der Waals surface area contributed by atoms with E-state index in [1.54, 1.807) is 19.2 Å². The molecular weight excluding hydrogens is 461 g/mol. The van der Waals surface area contributed by atoms with Crippen LogP contribution in [0.2, 0.25) is 0 Å². The smallest absolute Gasteiger partial charge is 0.454 e. The number of amides is 1. The molecule has 3 aromatic rings. The molecule has 11 heteroatoms. The van der Waals surface area contributed by atoms with Crippen molar-refractivity contribution in [1.82, 2.24) is 0 Å². The number of sulfonamides is 1. The van der Waals surface area contributed by atoms with E-state index >= 15 is 0 Å². The highest BCUT2D eigenvalue weighted by Crippen LogP contribution is 2.39. The molecule has 172 valence electrons. The summed E-state index contributed by atoms with van der Waals surface area (Å²) < 4.78 is 74.2. The maximum atomic E-state index is 13.0. The molecule has 1 amide bonds. The number of benzene rings is 3. The van der Waals surface area contributed by atoms with E-state index in [-0.39, 0.29) is 21.9 Å². The number of ether oxygens (including phenoxy) is 2. The van der Waals surface area contributed by atoms with E-state index in [1.807, 2.05) is 13.0 Å². The van der Waals surface area contributed by atoms with Crippen molar-refractivity contribution in [3.05, 3.63) is 71.8 Å². The van der Waals surface area contributed by atoms with Crippen molar-refractivity contribution in [2.45, 2.75) is 18.2 Å². The fourth-order valence-electron chi connectivity index (χ4n) is 3.27. The van der Waals surface area contributed by atoms with Gasteiger partial charge in [-0.3, -0.25) is 9.52 Å². The molecular formula is C22H17F3N2O5S. The highest BCUT2D eigenvalue weighted by Gasteiger charge is 2.31. The van der Waals surface area contributed by atoms with Crippen LogP contribution in [0.4, 0.5) is 24.5 Å². The Balaban J connectivity index is 1.61. The van der Waals surface area contributed by atoms with E-state index in [1.165, 1.54) is 23.1 Å². The molecule has 4 rings (SSSR count). The summed E-state index contributed by atoms with van der Waals surface area (Å²) in [6.45, 7) is 1.88. The zero-order chi connectivity index (χ0) is 24.0. The Morgan fingerprint density at radius 1 is 0.970 bits per heavy atom. The number of rotatable bonds is 4. The average Bonchev–Trinajstić information content (AvgIpc) is 2.83. The van der Waals surface area contributed by atoms with Gasteiger partial charge in [-0.25, -0.2) is 8.42 Å². The van der Waals surface area contributed by atoms with Gasteiger partial charge in [0.1, 0.15) is 11.5 Å². The predicted octanol–water partition coefficient (Wildman–Crippen LogP) is 5.08. The van der Waals surface area contributed by atoms with Gasteiger partial charge in [0.25, 0.3) is 15.9 Å². The lowest BCUT2D eigenvalue weighted by Crippen LogP contribution is -2.25. The Labute approximate surface area is 187 Å². The van der Waals surface area contributed by atoms with Crippen molar-refractivity contribution in [3.63, 3.8) is 0 Å². The summed E-state index contributed by atoms with van der Waals surface area (Å²) in [7, 11) is -2.57. The topological polar surface area (TPSA) is 84.9 Å². The van der Waals surface area contributed by atoms with Crippen LogP contribution in [0.3, 0.4) is 0 Å². The summed E-state index contributed by atoms with van der Waals surface area (Å²) in [5.41, 5.74) is 1.72. The molecule has 0 bridgehead atoms. The molecule has 0 radical (unpaired) electrons. The molecule has 1 N–H and O–H groups in total. The summed E-state index contributed by atoms with van der Waals surface area (Å²) in [6.07, 6.45) is -4.89. The zero-order valence-corrected chi connectivity index (χ0v) is 18.1. The SMILES string of the molecule is Cc1ccc2c(c1)N(C)C(=O)c1cc(NS(=O)(=O)c3ccc(OC(F)(F)F)cc3)ccc1O2. The summed E-state index contributed by atoms with van der Waals surface area (Å²) in [5, 5.41) is 0. The molecule has 0 aliphatic carbocycles. The van der Waals surface area contributed by atoms with Gasteiger partial charge in [0.2, 0.25) is 0 Å². The van der Waals surface area contributed by atoms with Crippen molar-refractivity contribution < 1.29 is 35.9 Å². The van der Waals surface area contributed by atoms with Gasteiger partial charge < -0.3 is 14.4 Å². The molecule has 0 atom stereocenters. The number of hydrogen-bond acceptors (Lipinski definition) is 5. The van der Waals surface area contributed by atoms with Gasteiger partial charge in [0.05, 0.1) is 16.1 Å². The molecule has 1 aliphatic rings. The van der Waals surface area contributed by atoms with Crippen molar-refractivity contribution in [1.29, 1.82) is 0 Å². The van der Waals surface area contributed by atoms with Crippen LogP contribution in [0, 0.1) is 6.92 Å². The van der Waals surface area contributed by atoms with E-state index in [9.17, 15) is 26.4 Å². The monoisotopic (exact) mass is 478 g/mol. The number of alkyl halides is 3. The fraction of sp³-hybridized carbons (Fsp3) is 0.136. The minimum absolute atomic E-state index is 0.0804. The average molecular weight is 478 g/mol. The van der Waals surface area contributed by atoms with Gasteiger partial charge in [-0.15, -0.1) is 13.2 Å². The zero-order valence-electron chi connectivity index (χ0n) is 17.3. The van der Waals surface area contributed by atoms with Crippen LogP contribution in [0.1, 0.15) is 15.9 Å². The third-order valence-corrected chi connectivity index (χ3v) is 6.23. The Morgan fingerprint density at radius 2 is 1.64 bits per heavy atom. The maximum absolute atomic E-state index is 13.0. The van der Waals surface area contributed by atoms with Crippen LogP contribution in [0.5, 0.6) is 17.2 Å². The second kappa shape index (κ2) is 8.00. The number of fused-ring (bicyclic) bond motifs is 2. The Hall–Kier alpha value is -3.73. The minimum atomic E-state index is -4.89. The molecule has 0 saturated heterocycles. The second-order valence-corrected chi connectivity index (χ2v) is 8.96. The largest absolute Gasteiger partial charge is 0.573 e. The molecule has 1 heterocycles. The lowest BCUT2D eigenvalue weighted by Gasteiger charge is -2.17. The van der Waals surface area contributed by atoms with Gasteiger partial charge in [-0.1, -0.05) is 6.07 Å². The first-order valence-corrected chi connectivity index (χ1v) is 11.0. The number of aryl methyl sites for hydroxylation is 1. The van der Waals surface area contributed by atoms with Crippen LogP contribution in [0.15, 0.2) is 65.6 Å². The number of hydrogen-bond donors (Lipinski definition) is 1. The summed E-state index contributed by atoms with van der Waals surface area (Å²) >= 11 is 0. The van der Waals surface area contributed by atoms with Gasteiger partial charge in [0.15, 0.2) is 5.75 Å². The molecule has 33 heavy (non-hydrogen) atoms. The first kappa shape index (κ1) is 22.5. The van der Waals surface area contributed by atoms with Crippen molar-refractivity contribution >= 4 is 27.3 Å². The normalized spacial score (nSPS) is 13.5. The van der Waals surface area contributed by atoms with Crippen LogP contribution in [-0.4, -0.2) is 27.7 Å². The van der Waals surface area contributed by atoms with Crippen LogP contribution >= 0.6 is 0 Å². The predicted molar refractivity (Wildman–Crippen MR) is 114 cm³/mol. The van der Waals surface area contributed by atoms with Gasteiger partial charge >= 0.3 is 6.36 Å². The summed E-state index contributed by atoms with van der Waals surface area (Å²) in [4.78, 5) is 14.1. The molecule has 1 aliphatic heterocycles. The van der Waals surface area contributed by atoms with Crippen molar-refractivity contribution in [3.8, 4) is 17.2 Å². The first-order chi connectivity index (χ1) is 15.4. The van der Waals surface area contributed by atoms with Gasteiger partial charge in [0, 0.05) is 12.7 Å². The van der Waals surface area contributed by atoms with Crippen LogP contribution in [0.25, 0.3) is 0 Å². The third kappa shape index (κ3) is 4.72. The fourth-order valence-corrected chi connectivity index (χ4v) is 4.32. The number of nitrogens with zero attached hydrogens (tertiary/aromatic N) is 1. The Morgan fingerprint density at radius 3 is 2.30 bits per heavy atom. The van der Waals surface area contributed by atoms with Gasteiger partial charge in [-0.2, -0.15) is 0 Å². The van der Waals surface area contributed by atoms with Crippen molar-refractivity contribution in [2.75, 3.05) is 16.7 Å². The van der Waals surface area contributed by atoms with Crippen LogP contribution in [-0.2, 0) is 10.0 Å². The molecule has 0 aromatic heterocycles. The molecule has 0 spiro atoms. The lowest BCUT2D eigenvalue weighted by molar-refractivity contribution is -0.274. The summed E-state index contributed by atoms with van der Waals surface area (Å²) in [5.74, 6) is -0.216. The lowest BCUT2D eigenvalue weighted by atomic mass is 10.1. The molecule has 0 unspecified atom stereocenters. The van der Waals surface area contributed by atoms with E-state index in [0.29, 0.717) is 11.4 Å². The summed E-state index contributed by atoms with van der Waals surface area (Å²) in [6, 6.07) is 13.4. The molecule has 7 nitrogen and oxygen atoms in total. The van der Waals surface area contributed by atoms with Crippen LogP contribution < -0.4 is 19.1 Å². The van der Waals surface area contributed by atoms with E-state index < -0.39 is 28.0 Å². The quantitative estimate of drug-likeness (QED) is 0.566. The number of carbonyl (C=O) groups excluding carboxylic acids is 1. The third-order valence-electron chi connectivity index (χ3n) is 4.83. The van der Waals surface area contributed by atoms with Crippen molar-refractivity contribution in [2.24, 2.45) is 0 Å². The number of halogens is 3. The highest BCUT2D eigenvalue weighted by atomic mass is 32.2. The van der Waals surface area contributed by atoms with E-state index in [0.717, 1.165) is 29.8 Å². The van der Waals surface area contributed by atoms with E-state index in [4.69, 9.17) is 4.74 Å². The number of carbonyl (C=O) groups is 1. The second-order valence-electron chi connectivity index (χ2n) is 7.27. The molecule has 0 fully saturated rings. The first-order valence-electron chi connectivity index (χ1n) is 9.52. The highest BCUT2D eigenvalue weighted by molar-refractivity contribution is 7.92. The molecule has 3 aromatic carbocycles. The maximum Gasteiger partial charge on any atom is 0.573 e. The van der Waals surface area contributed by atoms with E-state index in [2.05, 4.69) is 9.46 Å². The number of nitrogens with one attached hydrogen (secondary N) is 1. The van der Waals surface area contributed by atoms with Gasteiger partial charge in [-0.05, 0) is 67.1 Å². The minimum Gasteiger partial charge on any atom is -0.454 e. The molecule has 0 saturated carbocycles. The standard InChI is InChI=1S/C22H17F3N2O5S/c1-13-3-9-20-18(11-13)27(2)21(28)17-12-14(4-10-19(17)31-20)26-33(29,30)16-7-5-15(6-8-16)32-22(23,24)25/h3-12,26H,1-2H3.